The molecule has 0 saturated carbocycles. The number of carbonyl (C=O) groups is 1. The first kappa shape index (κ1) is 19.5. The minimum atomic E-state index is -0.502. The van der Waals surface area contributed by atoms with Crippen molar-refractivity contribution in [3.63, 3.8) is 0 Å². The smallest absolute Gasteiger partial charge is 0.419 e. The van der Waals surface area contributed by atoms with E-state index >= 15 is 0 Å². The molecule has 4 nitrogen and oxygen atoms in total. The minimum absolute atomic E-state index is 0.232. The van der Waals surface area contributed by atoms with E-state index in [9.17, 15) is 4.79 Å². The number of rotatable bonds is 0. The van der Waals surface area contributed by atoms with Gasteiger partial charge in [-0.25, -0.2) is 9.36 Å². The van der Waals surface area contributed by atoms with Crippen LogP contribution in [0.2, 0.25) is 0 Å². The summed E-state index contributed by atoms with van der Waals surface area (Å²) in [6.45, 7) is 10.2. The van der Waals surface area contributed by atoms with Crippen molar-refractivity contribution in [3.05, 3.63) is 35.0 Å². The van der Waals surface area contributed by atoms with Gasteiger partial charge in [0, 0.05) is 11.9 Å². The molecule has 0 N–H and O–H groups in total. The van der Waals surface area contributed by atoms with Gasteiger partial charge in [-0.2, -0.15) is 0 Å². The van der Waals surface area contributed by atoms with Crippen molar-refractivity contribution in [2.75, 3.05) is 13.1 Å². The maximum atomic E-state index is 13.3. The van der Waals surface area contributed by atoms with Crippen LogP contribution in [0.1, 0.15) is 82.2 Å². The quantitative estimate of drug-likeness (QED) is 0.561. The van der Waals surface area contributed by atoms with E-state index in [2.05, 4.69) is 30.0 Å². The van der Waals surface area contributed by atoms with Crippen molar-refractivity contribution < 1.29 is 9.53 Å². The van der Waals surface area contributed by atoms with E-state index in [0.717, 1.165) is 31.4 Å². The zero-order chi connectivity index (χ0) is 19.9. The summed E-state index contributed by atoms with van der Waals surface area (Å²) in [6, 6.07) is 6.78. The third kappa shape index (κ3) is 3.71. The molecule has 1 fully saturated rings. The van der Waals surface area contributed by atoms with Crippen LogP contribution >= 0.6 is 0 Å². The average molecular weight is 383 g/mol. The highest BCUT2D eigenvalue weighted by molar-refractivity contribution is 5.94. The molecule has 2 aromatic rings. The van der Waals surface area contributed by atoms with E-state index in [1.54, 1.807) is 0 Å². The highest BCUT2D eigenvalue weighted by Gasteiger charge is 2.35. The summed E-state index contributed by atoms with van der Waals surface area (Å²) in [4.78, 5) is 15.9. The molecule has 0 spiro atoms. The number of hydrogen-bond acceptors (Lipinski definition) is 3. The van der Waals surface area contributed by atoms with Crippen LogP contribution in [0.15, 0.2) is 18.2 Å². The summed E-state index contributed by atoms with van der Waals surface area (Å²) >= 11 is 0. The molecule has 1 saturated heterocycles. The molecule has 0 bridgehead atoms. The Balaban J connectivity index is 1.88. The molecule has 0 amide bonds. The lowest BCUT2D eigenvalue weighted by Crippen LogP contribution is -2.38. The van der Waals surface area contributed by atoms with Crippen LogP contribution in [0, 0.1) is 6.92 Å². The van der Waals surface area contributed by atoms with Crippen LogP contribution in [0.5, 0.6) is 0 Å². The fourth-order valence-corrected chi connectivity index (χ4v) is 4.96. The Labute approximate surface area is 168 Å². The molecule has 1 aromatic heterocycles. The lowest BCUT2D eigenvalue weighted by Gasteiger charge is -2.37. The molecule has 152 valence electrons. The second-order valence-corrected chi connectivity index (χ2v) is 9.56. The summed E-state index contributed by atoms with van der Waals surface area (Å²) < 4.78 is 7.76. The standard InChI is InChI=1S/C24H34N2O2/c1-17-11-12-20-19(16-17)18-13-15-25-14-9-7-5-6-8-10-21(25)22(18)26(20)23(27)28-24(2,3)4/h11-12,16,21H,5-10,13-15H2,1-4H3. The van der Waals surface area contributed by atoms with Crippen LogP contribution < -0.4 is 0 Å². The van der Waals surface area contributed by atoms with E-state index < -0.39 is 5.60 Å². The molecule has 28 heavy (non-hydrogen) atoms. The molecule has 3 heterocycles. The second kappa shape index (κ2) is 7.55. The number of benzene rings is 1. The Kier molecular flexibility index (Phi) is 5.26. The number of fused-ring (bicyclic) bond motifs is 5. The first-order valence-corrected chi connectivity index (χ1v) is 11.0. The van der Waals surface area contributed by atoms with E-state index in [1.165, 1.54) is 54.3 Å². The molecule has 1 atom stereocenters. The number of nitrogens with zero attached hydrogens (tertiary/aromatic N) is 2. The predicted octanol–water partition coefficient (Wildman–Crippen LogP) is 5.99. The van der Waals surface area contributed by atoms with Gasteiger partial charge in [-0.15, -0.1) is 0 Å². The molecule has 1 unspecified atom stereocenters. The van der Waals surface area contributed by atoms with Gasteiger partial charge in [0.1, 0.15) is 5.60 Å². The van der Waals surface area contributed by atoms with Gasteiger partial charge in [0.25, 0.3) is 0 Å². The molecule has 4 heteroatoms. The van der Waals surface area contributed by atoms with Crippen molar-refractivity contribution in [1.29, 1.82) is 0 Å². The third-order valence-electron chi connectivity index (χ3n) is 6.17. The minimum Gasteiger partial charge on any atom is -0.443 e. The Hall–Kier alpha value is -1.81. The molecule has 2 aliphatic rings. The molecule has 2 aliphatic heterocycles. The summed E-state index contributed by atoms with van der Waals surface area (Å²) in [5.74, 6) is 0. The third-order valence-corrected chi connectivity index (χ3v) is 6.17. The van der Waals surface area contributed by atoms with Gasteiger partial charge in [-0.05, 0) is 71.2 Å². The normalized spacial score (nSPS) is 21.4. The highest BCUT2D eigenvalue weighted by Crippen LogP contribution is 2.41. The maximum Gasteiger partial charge on any atom is 0.419 e. The van der Waals surface area contributed by atoms with E-state index in [-0.39, 0.29) is 6.09 Å². The molecule has 1 aromatic carbocycles. The Morgan fingerprint density at radius 2 is 1.82 bits per heavy atom. The van der Waals surface area contributed by atoms with Gasteiger partial charge in [0.15, 0.2) is 0 Å². The van der Waals surface area contributed by atoms with Crippen LogP contribution in [-0.2, 0) is 11.2 Å². The molecule has 0 radical (unpaired) electrons. The van der Waals surface area contributed by atoms with Gasteiger partial charge < -0.3 is 4.74 Å². The van der Waals surface area contributed by atoms with Crippen molar-refractivity contribution in [2.45, 2.75) is 84.3 Å². The summed E-state index contributed by atoms with van der Waals surface area (Å²) in [5, 5.41) is 1.24. The Morgan fingerprint density at radius 3 is 2.61 bits per heavy atom. The van der Waals surface area contributed by atoms with Crippen molar-refractivity contribution in [3.8, 4) is 0 Å². The lowest BCUT2D eigenvalue weighted by atomic mass is 9.93. The monoisotopic (exact) mass is 382 g/mol. The van der Waals surface area contributed by atoms with Crippen LogP contribution in [-0.4, -0.2) is 34.3 Å². The van der Waals surface area contributed by atoms with Crippen LogP contribution in [0.3, 0.4) is 0 Å². The topological polar surface area (TPSA) is 34.5 Å². The lowest BCUT2D eigenvalue weighted by molar-refractivity contribution is 0.0524. The molecule has 0 aliphatic carbocycles. The van der Waals surface area contributed by atoms with Crippen molar-refractivity contribution in [2.24, 2.45) is 0 Å². The van der Waals surface area contributed by atoms with Crippen molar-refractivity contribution in [1.82, 2.24) is 9.47 Å². The second-order valence-electron chi connectivity index (χ2n) is 9.56. The van der Waals surface area contributed by atoms with Gasteiger partial charge >= 0.3 is 6.09 Å². The predicted molar refractivity (Wildman–Crippen MR) is 114 cm³/mol. The number of carbonyl (C=O) groups excluding carboxylic acids is 1. The first-order chi connectivity index (χ1) is 13.3. The van der Waals surface area contributed by atoms with Crippen molar-refractivity contribution >= 4 is 17.0 Å². The molecule has 4 rings (SSSR count). The summed E-state index contributed by atoms with van der Waals surface area (Å²) in [6.07, 6.45) is 8.36. The van der Waals surface area contributed by atoms with Crippen LogP contribution in [0.4, 0.5) is 4.79 Å². The molecular formula is C24H34N2O2. The fraction of sp³-hybridized carbons (Fsp3) is 0.625. The van der Waals surface area contributed by atoms with Gasteiger partial charge in [0.05, 0.1) is 17.3 Å². The summed E-state index contributed by atoms with van der Waals surface area (Å²) in [5.41, 5.74) is 4.31. The largest absolute Gasteiger partial charge is 0.443 e. The maximum absolute atomic E-state index is 13.3. The number of hydrogen-bond donors (Lipinski definition) is 0. The van der Waals surface area contributed by atoms with Gasteiger partial charge in [-0.1, -0.05) is 37.3 Å². The average Bonchev–Trinajstić information content (AvgIpc) is 2.99. The molecular weight excluding hydrogens is 348 g/mol. The number of aromatic nitrogens is 1. The van der Waals surface area contributed by atoms with E-state index in [1.807, 2.05) is 25.3 Å². The number of ether oxygens (including phenoxy) is 1. The Bertz CT molecular complexity index is 875. The van der Waals surface area contributed by atoms with Gasteiger partial charge in [-0.3, -0.25) is 4.90 Å². The highest BCUT2D eigenvalue weighted by atomic mass is 16.6. The summed E-state index contributed by atoms with van der Waals surface area (Å²) in [7, 11) is 0. The fourth-order valence-electron chi connectivity index (χ4n) is 4.96. The van der Waals surface area contributed by atoms with Crippen LogP contribution in [0.25, 0.3) is 10.9 Å². The SMILES string of the molecule is Cc1ccc2c(c1)c1c(n2C(=O)OC(C)(C)C)C2CCCCCCCN2CC1. The zero-order valence-corrected chi connectivity index (χ0v) is 17.9. The zero-order valence-electron chi connectivity index (χ0n) is 17.9. The number of aryl methyl sites for hydroxylation is 1. The van der Waals surface area contributed by atoms with E-state index in [0.29, 0.717) is 6.04 Å². The first-order valence-electron chi connectivity index (χ1n) is 11.0. The van der Waals surface area contributed by atoms with E-state index in [4.69, 9.17) is 4.74 Å². The van der Waals surface area contributed by atoms with Gasteiger partial charge in [0.2, 0.25) is 0 Å². The Morgan fingerprint density at radius 1 is 1.07 bits per heavy atom.